The van der Waals surface area contributed by atoms with Gasteiger partial charge in [0.2, 0.25) is 0 Å². The van der Waals surface area contributed by atoms with E-state index in [1.54, 1.807) is 0 Å². The Labute approximate surface area is 115 Å². The van der Waals surface area contributed by atoms with Crippen molar-refractivity contribution in [1.29, 1.82) is 0 Å². The molecule has 2 N–H and O–H groups in total. The molecule has 0 aliphatic heterocycles. The summed E-state index contributed by atoms with van der Waals surface area (Å²) in [7, 11) is 4.01. The van der Waals surface area contributed by atoms with Gasteiger partial charge >= 0.3 is 0 Å². The summed E-state index contributed by atoms with van der Waals surface area (Å²) in [4.78, 5) is 14.1. The van der Waals surface area contributed by atoms with E-state index in [-0.39, 0.29) is 18.6 Å². The third-order valence-electron chi connectivity index (χ3n) is 2.86. The fourth-order valence-electron chi connectivity index (χ4n) is 1.95. The van der Waals surface area contributed by atoms with Crippen molar-refractivity contribution in [2.24, 2.45) is 0 Å². The van der Waals surface area contributed by atoms with Gasteiger partial charge in [-0.2, -0.15) is 0 Å². The highest BCUT2D eigenvalue weighted by molar-refractivity contribution is 5.94. The molecule has 0 heterocycles. The number of hydrogen-bond acceptors (Lipinski definition) is 3. The first-order chi connectivity index (χ1) is 9.02. The summed E-state index contributed by atoms with van der Waals surface area (Å²) in [6.07, 6.45) is 1.50. The summed E-state index contributed by atoms with van der Waals surface area (Å²) in [5.74, 6) is -0.0500. The van der Waals surface area contributed by atoms with Crippen LogP contribution in [0.2, 0.25) is 0 Å². The van der Waals surface area contributed by atoms with E-state index in [1.807, 2.05) is 45.3 Å². The molecule has 0 spiro atoms. The van der Waals surface area contributed by atoms with Crippen molar-refractivity contribution in [3.63, 3.8) is 0 Å². The van der Waals surface area contributed by atoms with Crippen molar-refractivity contribution in [1.82, 2.24) is 10.2 Å². The average Bonchev–Trinajstić information content (AvgIpc) is 2.35. The maximum Gasteiger partial charge on any atom is 0.251 e. The molecule has 19 heavy (non-hydrogen) atoms. The first-order valence-electron chi connectivity index (χ1n) is 6.68. The molecule has 106 valence electrons. The lowest BCUT2D eigenvalue weighted by Gasteiger charge is -2.14. The summed E-state index contributed by atoms with van der Waals surface area (Å²) in [5.41, 5.74) is 1.82. The van der Waals surface area contributed by atoms with Crippen LogP contribution in [0.5, 0.6) is 0 Å². The fourth-order valence-corrected chi connectivity index (χ4v) is 1.95. The maximum atomic E-state index is 12.1. The van der Waals surface area contributed by atoms with Crippen LogP contribution in [0.25, 0.3) is 0 Å². The molecule has 0 fully saturated rings. The van der Waals surface area contributed by atoms with Gasteiger partial charge in [0.15, 0.2) is 0 Å². The van der Waals surface area contributed by atoms with E-state index < -0.39 is 0 Å². The molecule has 0 saturated carbocycles. The van der Waals surface area contributed by atoms with E-state index in [1.165, 1.54) is 0 Å². The first-order valence-corrected chi connectivity index (χ1v) is 6.68. The van der Waals surface area contributed by atoms with Crippen LogP contribution in [0.15, 0.2) is 24.3 Å². The van der Waals surface area contributed by atoms with E-state index in [4.69, 9.17) is 5.11 Å². The molecular weight excluding hydrogens is 240 g/mol. The van der Waals surface area contributed by atoms with Crippen molar-refractivity contribution >= 4 is 5.91 Å². The standard InChI is InChI=1S/C15H24N2O2/c1-12(6-5-9-18)16-15(19)14-8-4-7-13(10-14)11-17(2)3/h4,7-8,10,12,18H,5-6,9,11H2,1-3H3,(H,16,19). The number of carbonyl (C=O) groups excluding carboxylic acids is 1. The second kappa shape index (κ2) is 7.92. The number of rotatable bonds is 7. The van der Waals surface area contributed by atoms with Gasteiger partial charge in [-0.1, -0.05) is 12.1 Å². The first kappa shape index (κ1) is 15.7. The number of hydrogen-bond donors (Lipinski definition) is 2. The van der Waals surface area contributed by atoms with Crippen LogP contribution in [-0.4, -0.2) is 42.7 Å². The number of nitrogens with one attached hydrogen (secondary N) is 1. The second-order valence-corrected chi connectivity index (χ2v) is 5.18. The molecule has 1 amide bonds. The van der Waals surface area contributed by atoms with E-state index in [9.17, 15) is 4.79 Å². The average molecular weight is 264 g/mol. The quantitative estimate of drug-likeness (QED) is 0.787. The molecule has 0 saturated heterocycles. The largest absolute Gasteiger partial charge is 0.396 e. The van der Waals surface area contributed by atoms with Crippen LogP contribution < -0.4 is 5.32 Å². The maximum absolute atomic E-state index is 12.1. The normalized spacial score (nSPS) is 12.5. The minimum Gasteiger partial charge on any atom is -0.396 e. The van der Waals surface area contributed by atoms with Crippen LogP contribution in [0.4, 0.5) is 0 Å². The van der Waals surface area contributed by atoms with Gasteiger partial charge in [0.1, 0.15) is 0 Å². The van der Waals surface area contributed by atoms with E-state index in [2.05, 4.69) is 10.2 Å². The number of aliphatic hydroxyl groups excluding tert-OH is 1. The van der Waals surface area contributed by atoms with Crippen LogP contribution in [0, 0.1) is 0 Å². The molecule has 0 radical (unpaired) electrons. The zero-order valence-corrected chi connectivity index (χ0v) is 12.0. The molecular formula is C15H24N2O2. The number of benzene rings is 1. The number of carbonyl (C=O) groups is 1. The third-order valence-corrected chi connectivity index (χ3v) is 2.86. The Morgan fingerprint density at radius 3 is 2.79 bits per heavy atom. The third kappa shape index (κ3) is 5.85. The van der Waals surface area contributed by atoms with Gasteiger partial charge in [0.25, 0.3) is 5.91 Å². The van der Waals surface area contributed by atoms with E-state index in [0.717, 1.165) is 18.5 Å². The predicted molar refractivity (Wildman–Crippen MR) is 77.1 cm³/mol. The molecule has 0 aliphatic rings. The van der Waals surface area contributed by atoms with E-state index in [0.29, 0.717) is 12.0 Å². The minimum atomic E-state index is -0.0500. The summed E-state index contributed by atoms with van der Waals surface area (Å²) in [6, 6.07) is 7.76. The number of aliphatic hydroxyl groups is 1. The van der Waals surface area contributed by atoms with Gasteiger partial charge in [-0.15, -0.1) is 0 Å². The smallest absolute Gasteiger partial charge is 0.251 e. The van der Waals surface area contributed by atoms with Gasteiger partial charge in [-0.3, -0.25) is 4.79 Å². The zero-order valence-electron chi connectivity index (χ0n) is 12.0. The van der Waals surface area contributed by atoms with Gasteiger partial charge in [0, 0.05) is 24.8 Å². The van der Waals surface area contributed by atoms with Gasteiger partial charge in [-0.25, -0.2) is 0 Å². The Morgan fingerprint density at radius 2 is 2.16 bits per heavy atom. The molecule has 4 heteroatoms. The second-order valence-electron chi connectivity index (χ2n) is 5.18. The predicted octanol–water partition coefficient (Wildman–Crippen LogP) is 1.64. The highest BCUT2D eigenvalue weighted by Gasteiger charge is 2.10. The Morgan fingerprint density at radius 1 is 1.42 bits per heavy atom. The summed E-state index contributed by atoms with van der Waals surface area (Å²) in [6.45, 7) is 2.94. The monoisotopic (exact) mass is 264 g/mol. The van der Waals surface area contributed by atoms with Crippen molar-refractivity contribution in [3.05, 3.63) is 35.4 Å². The lowest BCUT2D eigenvalue weighted by molar-refractivity contribution is 0.0936. The van der Waals surface area contributed by atoms with Crippen LogP contribution in [-0.2, 0) is 6.54 Å². The Bertz CT molecular complexity index is 405. The van der Waals surface area contributed by atoms with Gasteiger partial charge < -0.3 is 15.3 Å². The van der Waals surface area contributed by atoms with E-state index >= 15 is 0 Å². The summed E-state index contributed by atoms with van der Waals surface area (Å²) in [5, 5.41) is 11.7. The highest BCUT2D eigenvalue weighted by Crippen LogP contribution is 2.08. The Balaban J connectivity index is 2.61. The molecule has 1 aromatic rings. The van der Waals surface area contributed by atoms with Crippen LogP contribution >= 0.6 is 0 Å². The lowest BCUT2D eigenvalue weighted by Crippen LogP contribution is -2.32. The number of amides is 1. The Hall–Kier alpha value is -1.39. The topological polar surface area (TPSA) is 52.6 Å². The van der Waals surface area contributed by atoms with Gasteiger partial charge in [0.05, 0.1) is 0 Å². The highest BCUT2D eigenvalue weighted by atomic mass is 16.2. The lowest BCUT2D eigenvalue weighted by atomic mass is 10.1. The molecule has 0 aromatic heterocycles. The van der Waals surface area contributed by atoms with Crippen LogP contribution in [0.3, 0.4) is 0 Å². The van der Waals surface area contributed by atoms with Crippen LogP contribution in [0.1, 0.15) is 35.7 Å². The molecule has 1 aromatic carbocycles. The molecule has 4 nitrogen and oxygen atoms in total. The molecule has 1 rings (SSSR count). The SMILES string of the molecule is CC(CCCO)NC(=O)c1cccc(CN(C)C)c1. The minimum absolute atomic E-state index is 0.0500. The van der Waals surface area contributed by atoms with Crippen molar-refractivity contribution < 1.29 is 9.90 Å². The summed E-state index contributed by atoms with van der Waals surface area (Å²) < 4.78 is 0. The summed E-state index contributed by atoms with van der Waals surface area (Å²) >= 11 is 0. The van der Waals surface area contributed by atoms with Crippen molar-refractivity contribution in [3.8, 4) is 0 Å². The van der Waals surface area contributed by atoms with Crippen molar-refractivity contribution in [2.45, 2.75) is 32.4 Å². The molecule has 0 aliphatic carbocycles. The van der Waals surface area contributed by atoms with Gasteiger partial charge in [-0.05, 0) is 51.6 Å². The zero-order chi connectivity index (χ0) is 14.3. The molecule has 1 unspecified atom stereocenters. The molecule has 0 bridgehead atoms. The number of nitrogens with zero attached hydrogens (tertiary/aromatic N) is 1. The van der Waals surface area contributed by atoms with Crippen molar-refractivity contribution in [2.75, 3.05) is 20.7 Å². The fraction of sp³-hybridized carbons (Fsp3) is 0.533. The Kier molecular flexibility index (Phi) is 6.53. The molecule has 1 atom stereocenters.